The Morgan fingerprint density at radius 3 is 2.44 bits per heavy atom. The van der Waals surface area contributed by atoms with E-state index in [9.17, 15) is 0 Å². The SMILES string of the molecule is N#Cc1ccc(C(C#N)NCCCO)cc1. The van der Waals surface area contributed by atoms with Crippen LogP contribution in [0, 0.1) is 22.7 Å². The van der Waals surface area contributed by atoms with E-state index in [1.165, 1.54) is 0 Å². The molecule has 1 aromatic carbocycles. The maximum absolute atomic E-state index is 8.97. The highest BCUT2D eigenvalue weighted by Crippen LogP contribution is 2.12. The molecule has 1 atom stereocenters. The molecule has 0 aliphatic carbocycles. The summed E-state index contributed by atoms with van der Waals surface area (Å²) in [7, 11) is 0. The number of aliphatic hydroxyl groups is 1. The van der Waals surface area contributed by atoms with Crippen molar-refractivity contribution in [1.29, 1.82) is 10.5 Å². The van der Waals surface area contributed by atoms with Crippen LogP contribution in [0.2, 0.25) is 0 Å². The van der Waals surface area contributed by atoms with Crippen molar-refractivity contribution in [1.82, 2.24) is 5.32 Å². The predicted octanol–water partition coefficient (Wildman–Crippen LogP) is 1.09. The molecule has 1 rings (SSSR count). The van der Waals surface area contributed by atoms with Crippen LogP contribution in [0.1, 0.15) is 23.6 Å². The second kappa shape index (κ2) is 6.58. The molecule has 0 aromatic heterocycles. The molecule has 0 aliphatic rings. The Balaban J connectivity index is 2.65. The Hall–Kier alpha value is -1.88. The van der Waals surface area contributed by atoms with Gasteiger partial charge in [-0.2, -0.15) is 10.5 Å². The van der Waals surface area contributed by atoms with E-state index in [0.717, 1.165) is 5.56 Å². The molecular formula is C12H13N3O. The molecule has 4 nitrogen and oxygen atoms in total. The predicted molar refractivity (Wildman–Crippen MR) is 59.2 cm³/mol. The van der Waals surface area contributed by atoms with Crippen molar-refractivity contribution in [3.05, 3.63) is 35.4 Å². The van der Waals surface area contributed by atoms with Crippen LogP contribution in [0.3, 0.4) is 0 Å². The van der Waals surface area contributed by atoms with E-state index in [1.54, 1.807) is 24.3 Å². The third-order valence-electron chi connectivity index (χ3n) is 2.19. The molecule has 1 aromatic rings. The Kier molecular flexibility index (Phi) is 5.01. The lowest BCUT2D eigenvalue weighted by Crippen LogP contribution is -2.21. The monoisotopic (exact) mass is 215 g/mol. The van der Waals surface area contributed by atoms with Crippen molar-refractivity contribution in [2.24, 2.45) is 0 Å². The van der Waals surface area contributed by atoms with Gasteiger partial charge in [-0.1, -0.05) is 12.1 Å². The van der Waals surface area contributed by atoms with Crippen LogP contribution in [-0.4, -0.2) is 18.3 Å². The third-order valence-corrected chi connectivity index (χ3v) is 2.19. The van der Waals surface area contributed by atoms with Gasteiger partial charge in [0.2, 0.25) is 0 Å². The van der Waals surface area contributed by atoms with Crippen molar-refractivity contribution >= 4 is 0 Å². The van der Waals surface area contributed by atoms with Gasteiger partial charge in [0.15, 0.2) is 0 Å². The molecule has 0 aliphatic heterocycles. The highest BCUT2D eigenvalue weighted by Gasteiger charge is 2.08. The van der Waals surface area contributed by atoms with Crippen molar-refractivity contribution < 1.29 is 5.11 Å². The maximum atomic E-state index is 8.97. The van der Waals surface area contributed by atoms with Gasteiger partial charge in [-0.15, -0.1) is 0 Å². The van der Waals surface area contributed by atoms with Crippen LogP contribution >= 0.6 is 0 Å². The van der Waals surface area contributed by atoms with Crippen LogP contribution < -0.4 is 5.32 Å². The third kappa shape index (κ3) is 3.36. The fraction of sp³-hybridized carbons (Fsp3) is 0.333. The Bertz CT molecular complexity index is 400. The number of nitriles is 2. The van der Waals surface area contributed by atoms with Crippen molar-refractivity contribution in [2.75, 3.05) is 13.2 Å². The Morgan fingerprint density at radius 1 is 1.25 bits per heavy atom. The zero-order valence-electron chi connectivity index (χ0n) is 8.85. The molecule has 0 bridgehead atoms. The smallest absolute Gasteiger partial charge is 0.121 e. The highest BCUT2D eigenvalue weighted by atomic mass is 16.3. The van der Waals surface area contributed by atoms with Gasteiger partial charge in [0.1, 0.15) is 6.04 Å². The lowest BCUT2D eigenvalue weighted by atomic mass is 10.1. The lowest BCUT2D eigenvalue weighted by molar-refractivity contribution is 0.285. The topological polar surface area (TPSA) is 79.8 Å². The second-order valence-corrected chi connectivity index (χ2v) is 3.33. The van der Waals surface area contributed by atoms with Gasteiger partial charge in [-0.3, -0.25) is 5.32 Å². The van der Waals surface area contributed by atoms with Crippen LogP contribution in [0.15, 0.2) is 24.3 Å². The summed E-state index contributed by atoms with van der Waals surface area (Å²) in [5, 5.41) is 29.3. The van der Waals surface area contributed by atoms with Gasteiger partial charge in [-0.05, 0) is 30.7 Å². The normalized spacial score (nSPS) is 11.4. The second-order valence-electron chi connectivity index (χ2n) is 3.33. The molecule has 82 valence electrons. The van der Waals surface area contributed by atoms with Crippen LogP contribution in [0.25, 0.3) is 0 Å². The summed E-state index contributed by atoms with van der Waals surface area (Å²) >= 11 is 0. The van der Waals surface area contributed by atoms with E-state index in [1.807, 2.05) is 6.07 Å². The van der Waals surface area contributed by atoms with Gasteiger partial charge in [0.25, 0.3) is 0 Å². The quantitative estimate of drug-likeness (QED) is 0.721. The number of benzene rings is 1. The number of nitrogens with one attached hydrogen (secondary N) is 1. The first kappa shape index (κ1) is 12.2. The van der Waals surface area contributed by atoms with Crippen molar-refractivity contribution in [3.8, 4) is 12.1 Å². The zero-order valence-corrected chi connectivity index (χ0v) is 8.85. The van der Waals surface area contributed by atoms with Gasteiger partial charge < -0.3 is 5.11 Å². The lowest BCUT2D eigenvalue weighted by Gasteiger charge is -2.11. The van der Waals surface area contributed by atoms with E-state index in [4.69, 9.17) is 15.6 Å². The largest absolute Gasteiger partial charge is 0.396 e. The average molecular weight is 215 g/mol. The summed E-state index contributed by atoms with van der Waals surface area (Å²) < 4.78 is 0. The molecule has 0 fully saturated rings. The molecule has 2 N–H and O–H groups in total. The highest BCUT2D eigenvalue weighted by molar-refractivity contribution is 5.34. The Labute approximate surface area is 94.8 Å². The minimum absolute atomic E-state index is 0.110. The summed E-state index contributed by atoms with van der Waals surface area (Å²) in [4.78, 5) is 0. The summed E-state index contributed by atoms with van der Waals surface area (Å²) in [6, 6.07) is 10.7. The number of nitrogens with zero attached hydrogens (tertiary/aromatic N) is 2. The van der Waals surface area contributed by atoms with Crippen LogP contribution in [-0.2, 0) is 0 Å². The molecule has 0 spiro atoms. The molecule has 1 unspecified atom stereocenters. The van der Waals surface area contributed by atoms with E-state index >= 15 is 0 Å². The van der Waals surface area contributed by atoms with E-state index < -0.39 is 0 Å². The summed E-state index contributed by atoms with van der Waals surface area (Å²) in [5.41, 5.74) is 1.41. The van der Waals surface area contributed by atoms with Gasteiger partial charge in [0, 0.05) is 6.61 Å². The molecule has 4 heteroatoms. The number of hydrogen-bond donors (Lipinski definition) is 2. The molecule has 0 amide bonds. The first-order chi connectivity index (χ1) is 7.81. The Morgan fingerprint density at radius 2 is 1.94 bits per heavy atom. The number of aliphatic hydroxyl groups excluding tert-OH is 1. The molecule has 0 heterocycles. The number of hydrogen-bond acceptors (Lipinski definition) is 4. The maximum Gasteiger partial charge on any atom is 0.121 e. The minimum Gasteiger partial charge on any atom is -0.396 e. The molecular weight excluding hydrogens is 202 g/mol. The minimum atomic E-state index is -0.390. The summed E-state index contributed by atoms with van der Waals surface area (Å²) in [6.45, 7) is 0.702. The summed E-state index contributed by atoms with van der Waals surface area (Å²) in [5.74, 6) is 0. The standard InChI is InChI=1S/C12H13N3O/c13-8-10-2-4-11(5-3-10)12(9-14)15-6-1-7-16/h2-5,12,15-16H,1,6-7H2. The van der Waals surface area contributed by atoms with Crippen molar-refractivity contribution in [2.45, 2.75) is 12.5 Å². The van der Waals surface area contributed by atoms with Gasteiger partial charge in [0.05, 0.1) is 17.7 Å². The van der Waals surface area contributed by atoms with Gasteiger partial charge in [-0.25, -0.2) is 0 Å². The molecule has 0 saturated heterocycles. The molecule has 0 radical (unpaired) electrons. The summed E-state index contributed by atoms with van der Waals surface area (Å²) in [6.07, 6.45) is 0.620. The average Bonchev–Trinajstić information content (AvgIpc) is 2.35. The molecule has 0 saturated carbocycles. The van der Waals surface area contributed by atoms with E-state index in [0.29, 0.717) is 18.5 Å². The van der Waals surface area contributed by atoms with E-state index in [-0.39, 0.29) is 12.6 Å². The van der Waals surface area contributed by atoms with Crippen LogP contribution in [0.4, 0.5) is 0 Å². The fourth-order valence-corrected chi connectivity index (χ4v) is 1.31. The van der Waals surface area contributed by atoms with Gasteiger partial charge >= 0.3 is 0 Å². The van der Waals surface area contributed by atoms with Crippen LogP contribution in [0.5, 0.6) is 0 Å². The van der Waals surface area contributed by atoms with E-state index in [2.05, 4.69) is 11.4 Å². The first-order valence-electron chi connectivity index (χ1n) is 5.05. The molecule has 16 heavy (non-hydrogen) atoms. The number of rotatable bonds is 5. The zero-order chi connectivity index (χ0) is 11.8. The van der Waals surface area contributed by atoms with Crippen molar-refractivity contribution in [3.63, 3.8) is 0 Å². The fourth-order valence-electron chi connectivity index (χ4n) is 1.31. The first-order valence-corrected chi connectivity index (χ1v) is 5.05.